The topological polar surface area (TPSA) is 73.9 Å². The quantitative estimate of drug-likeness (QED) is 0.572. The predicted octanol–water partition coefficient (Wildman–Crippen LogP) is 0.658. The highest BCUT2D eigenvalue weighted by Crippen LogP contribution is 2.13. The van der Waals surface area contributed by atoms with Gasteiger partial charge in [-0.3, -0.25) is 14.5 Å². The number of methoxy groups -OCH3 is 1. The highest BCUT2D eigenvalue weighted by molar-refractivity contribution is 5.85. The second-order valence-electron chi connectivity index (χ2n) is 6.73. The number of hydrogen-bond donors (Lipinski definition) is 2. The van der Waals surface area contributed by atoms with Crippen LogP contribution in [-0.4, -0.2) is 86.7 Å². The minimum atomic E-state index is -0.152. The number of carbonyl (C=O) groups excluding carboxylic acids is 2. The van der Waals surface area contributed by atoms with Gasteiger partial charge in [0.2, 0.25) is 11.8 Å². The van der Waals surface area contributed by atoms with E-state index >= 15 is 0 Å². The lowest BCUT2D eigenvalue weighted by Crippen LogP contribution is -2.55. The molecule has 0 aromatic heterocycles. The molecule has 2 amide bonds. The van der Waals surface area contributed by atoms with Crippen molar-refractivity contribution in [2.45, 2.75) is 44.7 Å². The summed E-state index contributed by atoms with van der Waals surface area (Å²) in [5, 5.41) is 6.32. The number of hydrogen-bond acceptors (Lipinski definition) is 5. The van der Waals surface area contributed by atoms with Crippen LogP contribution < -0.4 is 10.6 Å². The second kappa shape index (κ2) is 13.6. The molecule has 0 radical (unpaired) electrons. The number of amides is 2. The van der Waals surface area contributed by atoms with Crippen molar-refractivity contribution in [3.05, 3.63) is 0 Å². The average Bonchev–Trinajstić information content (AvgIpc) is 3.11. The zero-order chi connectivity index (χ0) is 17.4. The van der Waals surface area contributed by atoms with Gasteiger partial charge in [-0.05, 0) is 32.7 Å². The third-order valence-corrected chi connectivity index (χ3v) is 5.00. The fourth-order valence-electron chi connectivity index (χ4n) is 3.37. The van der Waals surface area contributed by atoms with Crippen molar-refractivity contribution in [2.75, 3.05) is 53.0 Å². The van der Waals surface area contributed by atoms with Crippen LogP contribution in [0.4, 0.5) is 0 Å². The Hall–Kier alpha value is -0.600. The molecular formula is C17H34Cl2N4O3. The molecule has 2 N–H and O–H groups in total. The maximum Gasteiger partial charge on any atom is 0.237 e. The number of rotatable bonds is 8. The lowest BCUT2D eigenvalue weighted by Gasteiger charge is -2.37. The Morgan fingerprint density at radius 3 is 2.50 bits per heavy atom. The Morgan fingerprint density at radius 2 is 1.92 bits per heavy atom. The van der Waals surface area contributed by atoms with Crippen LogP contribution >= 0.6 is 24.8 Å². The predicted molar refractivity (Wildman–Crippen MR) is 107 cm³/mol. The standard InChI is InChI=1S/C17H32N4O3.2ClH/c1-14(17(23)19-7-4-12-24-2)20-8-10-21(11-9-20)16(22)13-15-5-3-6-18-15;;/h14-15,18H,3-13H2,1-2H3,(H,19,23);2*1H. The van der Waals surface area contributed by atoms with Crippen molar-refractivity contribution >= 4 is 36.6 Å². The van der Waals surface area contributed by atoms with Crippen molar-refractivity contribution in [1.82, 2.24) is 20.4 Å². The number of ether oxygens (including phenoxy) is 1. The smallest absolute Gasteiger partial charge is 0.237 e. The van der Waals surface area contributed by atoms with Crippen molar-refractivity contribution in [3.63, 3.8) is 0 Å². The summed E-state index contributed by atoms with van der Waals surface area (Å²) in [4.78, 5) is 28.6. The van der Waals surface area contributed by atoms with Gasteiger partial charge < -0.3 is 20.3 Å². The monoisotopic (exact) mass is 412 g/mol. The SMILES string of the molecule is COCCCNC(=O)C(C)N1CCN(C(=O)CC2CCCN2)CC1.Cl.Cl. The van der Waals surface area contributed by atoms with Crippen LogP contribution in [0.5, 0.6) is 0 Å². The Morgan fingerprint density at radius 1 is 1.23 bits per heavy atom. The lowest BCUT2D eigenvalue weighted by atomic mass is 10.1. The van der Waals surface area contributed by atoms with Crippen LogP contribution in [-0.2, 0) is 14.3 Å². The fraction of sp³-hybridized carbons (Fsp3) is 0.882. The van der Waals surface area contributed by atoms with Gasteiger partial charge in [0, 0.05) is 58.9 Å². The molecular weight excluding hydrogens is 379 g/mol. The molecule has 154 valence electrons. The second-order valence-corrected chi connectivity index (χ2v) is 6.73. The van der Waals surface area contributed by atoms with E-state index in [2.05, 4.69) is 15.5 Å². The number of carbonyl (C=O) groups is 2. The minimum absolute atomic E-state index is 0. The van der Waals surface area contributed by atoms with Crippen LogP contribution in [0.15, 0.2) is 0 Å². The number of piperazine rings is 1. The minimum Gasteiger partial charge on any atom is -0.385 e. The van der Waals surface area contributed by atoms with Crippen molar-refractivity contribution in [1.29, 1.82) is 0 Å². The molecule has 0 saturated carbocycles. The van der Waals surface area contributed by atoms with Crippen LogP contribution in [0.3, 0.4) is 0 Å². The molecule has 2 unspecified atom stereocenters. The fourth-order valence-corrected chi connectivity index (χ4v) is 3.37. The Bertz CT molecular complexity index is 415. The summed E-state index contributed by atoms with van der Waals surface area (Å²) in [5.41, 5.74) is 0. The van der Waals surface area contributed by atoms with Gasteiger partial charge in [-0.2, -0.15) is 0 Å². The first-order valence-electron chi connectivity index (χ1n) is 9.13. The van der Waals surface area contributed by atoms with E-state index in [0.29, 0.717) is 38.7 Å². The normalized spacial score (nSPS) is 21.5. The first-order valence-corrected chi connectivity index (χ1v) is 9.13. The van der Waals surface area contributed by atoms with E-state index in [1.807, 2.05) is 11.8 Å². The Labute approximate surface area is 169 Å². The van der Waals surface area contributed by atoms with Gasteiger partial charge in [0.25, 0.3) is 0 Å². The zero-order valence-corrected chi connectivity index (χ0v) is 17.5. The average molecular weight is 413 g/mol. The molecule has 2 aliphatic rings. The van der Waals surface area contributed by atoms with Gasteiger partial charge in [-0.1, -0.05) is 0 Å². The summed E-state index contributed by atoms with van der Waals surface area (Å²) in [5.74, 6) is 0.298. The van der Waals surface area contributed by atoms with E-state index < -0.39 is 0 Å². The summed E-state index contributed by atoms with van der Waals surface area (Å²) >= 11 is 0. The molecule has 2 saturated heterocycles. The number of nitrogens with one attached hydrogen (secondary N) is 2. The summed E-state index contributed by atoms with van der Waals surface area (Å²) < 4.78 is 4.98. The van der Waals surface area contributed by atoms with E-state index in [9.17, 15) is 9.59 Å². The first kappa shape index (κ1) is 25.4. The van der Waals surface area contributed by atoms with Crippen LogP contribution in [0.1, 0.15) is 32.6 Å². The maximum absolute atomic E-state index is 12.3. The van der Waals surface area contributed by atoms with Crippen molar-refractivity contribution in [3.8, 4) is 0 Å². The molecule has 2 aliphatic heterocycles. The zero-order valence-electron chi connectivity index (χ0n) is 15.9. The van der Waals surface area contributed by atoms with Gasteiger partial charge in [0.05, 0.1) is 6.04 Å². The van der Waals surface area contributed by atoms with Gasteiger partial charge in [-0.25, -0.2) is 0 Å². The molecule has 0 bridgehead atoms. The largest absolute Gasteiger partial charge is 0.385 e. The van der Waals surface area contributed by atoms with E-state index in [-0.39, 0.29) is 42.7 Å². The Balaban J connectivity index is 0.00000312. The van der Waals surface area contributed by atoms with Crippen LogP contribution in [0.25, 0.3) is 0 Å². The molecule has 7 nitrogen and oxygen atoms in total. The summed E-state index contributed by atoms with van der Waals surface area (Å²) in [6.07, 6.45) is 3.71. The molecule has 0 spiro atoms. The molecule has 0 aromatic rings. The highest BCUT2D eigenvalue weighted by atomic mass is 35.5. The molecule has 2 atom stereocenters. The van der Waals surface area contributed by atoms with Crippen molar-refractivity contribution < 1.29 is 14.3 Å². The molecule has 2 heterocycles. The van der Waals surface area contributed by atoms with Crippen molar-refractivity contribution in [2.24, 2.45) is 0 Å². The van der Waals surface area contributed by atoms with Gasteiger partial charge in [0.1, 0.15) is 0 Å². The number of halogens is 2. The summed E-state index contributed by atoms with van der Waals surface area (Å²) in [6.45, 7) is 7.22. The summed E-state index contributed by atoms with van der Waals surface area (Å²) in [6, 6.07) is 0.202. The summed E-state index contributed by atoms with van der Waals surface area (Å²) in [7, 11) is 1.66. The molecule has 0 aromatic carbocycles. The highest BCUT2D eigenvalue weighted by Gasteiger charge is 2.28. The molecule has 0 aliphatic carbocycles. The van der Waals surface area contributed by atoms with Crippen LogP contribution in [0.2, 0.25) is 0 Å². The molecule has 2 rings (SSSR count). The molecule has 26 heavy (non-hydrogen) atoms. The lowest BCUT2D eigenvalue weighted by molar-refractivity contribution is -0.134. The third-order valence-electron chi connectivity index (χ3n) is 5.00. The molecule has 9 heteroatoms. The van der Waals surface area contributed by atoms with Crippen LogP contribution in [0, 0.1) is 0 Å². The van der Waals surface area contributed by atoms with E-state index in [4.69, 9.17) is 4.74 Å². The first-order chi connectivity index (χ1) is 11.6. The Kier molecular flexibility index (Phi) is 13.2. The molecule has 2 fully saturated rings. The van der Waals surface area contributed by atoms with E-state index in [0.717, 1.165) is 32.5 Å². The third kappa shape index (κ3) is 7.96. The van der Waals surface area contributed by atoms with Gasteiger partial charge >= 0.3 is 0 Å². The maximum atomic E-state index is 12.3. The van der Waals surface area contributed by atoms with Gasteiger partial charge in [-0.15, -0.1) is 24.8 Å². The van der Waals surface area contributed by atoms with E-state index in [1.54, 1.807) is 7.11 Å². The van der Waals surface area contributed by atoms with E-state index in [1.165, 1.54) is 6.42 Å². The number of nitrogens with zero attached hydrogens (tertiary/aromatic N) is 2. The van der Waals surface area contributed by atoms with Gasteiger partial charge in [0.15, 0.2) is 0 Å².